The summed E-state index contributed by atoms with van der Waals surface area (Å²) in [7, 11) is 1.72. The van der Waals surface area contributed by atoms with E-state index in [4.69, 9.17) is 16.2 Å². The van der Waals surface area contributed by atoms with Gasteiger partial charge in [-0.25, -0.2) is 9.78 Å². The molecule has 2 aromatic rings. The number of hydrogen-bond acceptors (Lipinski definition) is 8. The molecule has 0 saturated heterocycles. The van der Waals surface area contributed by atoms with E-state index in [1.165, 1.54) is 0 Å². The number of carbonyl (C=O) groups excluding carboxylic acids is 1. The molecule has 0 amide bonds. The molecule has 0 saturated carbocycles. The van der Waals surface area contributed by atoms with E-state index in [-0.39, 0.29) is 17.7 Å². The molecule has 1 atom stereocenters. The Morgan fingerprint density at radius 1 is 1.12 bits per heavy atom. The zero-order valence-electron chi connectivity index (χ0n) is 14.4. The third kappa shape index (κ3) is 4.74. The minimum atomic E-state index is -0.415. The van der Waals surface area contributed by atoms with Crippen molar-refractivity contribution in [2.75, 3.05) is 18.5 Å². The standard InChI is InChI=1S/C17H22N6O2/c1-10(2)15(20-3)17(24)25-13-7-5-4-6-11(13)22-23-12-8-9-14(18)21-16(12)19/h4-10,15,20H,1-3H3,(H4,18,19,21)/t15-/m1/s1. The molecule has 0 spiro atoms. The second-order valence-corrected chi connectivity index (χ2v) is 5.74. The van der Waals surface area contributed by atoms with E-state index in [1.54, 1.807) is 43.4 Å². The number of nitrogen functional groups attached to an aromatic ring is 2. The first-order chi connectivity index (χ1) is 11.9. The smallest absolute Gasteiger partial charge is 0.328 e. The average molecular weight is 342 g/mol. The molecule has 1 aromatic carbocycles. The number of nitrogens with one attached hydrogen (secondary N) is 1. The van der Waals surface area contributed by atoms with Gasteiger partial charge in [0.25, 0.3) is 0 Å². The van der Waals surface area contributed by atoms with Crippen molar-refractivity contribution in [2.45, 2.75) is 19.9 Å². The zero-order valence-corrected chi connectivity index (χ0v) is 14.4. The molecule has 0 radical (unpaired) electrons. The summed E-state index contributed by atoms with van der Waals surface area (Å²) < 4.78 is 5.48. The van der Waals surface area contributed by atoms with Crippen LogP contribution in [0.25, 0.3) is 0 Å². The maximum Gasteiger partial charge on any atom is 0.328 e. The quantitative estimate of drug-likeness (QED) is 0.421. The van der Waals surface area contributed by atoms with Crippen molar-refractivity contribution in [3.05, 3.63) is 36.4 Å². The number of benzene rings is 1. The highest BCUT2D eigenvalue weighted by molar-refractivity contribution is 5.79. The Bertz CT molecular complexity index is 775. The first-order valence-electron chi connectivity index (χ1n) is 7.84. The number of para-hydroxylation sites is 1. The second kappa shape index (κ2) is 8.20. The molecule has 0 bridgehead atoms. The van der Waals surface area contributed by atoms with Gasteiger partial charge in [-0.1, -0.05) is 26.0 Å². The number of ether oxygens (including phenoxy) is 1. The molecule has 25 heavy (non-hydrogen) atoms. The van der Waals surface area contributed by atoms with Crippen molar-refractivity contribution in [1.29, 1.82) is 0 Å². The third-order valence-corrected chi connectivity index (χ3v) is 3.50. The summed E-state index contributed by atoms with van der Waals surface area (Å²) in [5, 5.41) is 11.1. The lowest BCUT2D eigenvalue weighted by Gasteiger charge is -2.18. The van der Waals surface area contributed by atoms with Crippen LogP contribution in [0.2, 0.25) is 0 Å². The van der Waals surface area contributed by atoms with Crippen molar-refractivity contribution in [3.8, 4) is 5.75 Å². The molecule has 5 N–H and O–H groups in total. The van der Waals surface area contributed by atoms with Crippen LogP contribution < -0.4 is 21.5 Å². The van der Waals surface area contributed by atoms with Crippen molar-refractivity contribution in [1.82, 2.24) is 10.3 Å². The summed E-state index contributed by atoms with van der Waals surface area (Å²) in [5.41, 5.74) is 12.1. The fraction of sp³-hybridized carbons (Fsp3) is 0.294. The van der Waals surface area contributed by atoms with Crippen LogP contribution in [0.1, 0.15) is 13.8 Å². The van der Waals surface area contributed by atoms with Gasteiger partial charge in [-0.05, 0) is 37.2 Å². The van der Waals surface area contributed by atoms with E-state index in [1.807, 2.05) is 13.8 Å². The minimum Gasteiger partial charge on any atom is -0.423 e. The van der Waals surface area contributed by atoms with Gasteiger partial charge in [-0.3, -0.25) is 0 Å². The van der Waals surface area contributed by atoms with E-state index >= 15 is 0 Å². The topological polar surface area (TPSA) is 128 Å². The molecular formula is C17H22N6O2. The fourth-order valence-electron chi connectivity index (χ4n) is 2.20. The summed E-state index contributed by atoms with van der Waals surface area (Å²) in [6.07, 6.45) is 0. The molecule has 0 unspecified atom stereocenters. The predicted octanol–water partition coefficient (Wildman–Crippen LogP) is 2.81. The van der Waals surface area contributed by atoms with Gasteiger partial charge in [0, 0.05) is 0 Å². The van der Waals surface area contributed by atoms with Gasteiger partial charge in [0.15, 0.2) is 11.6 Å². The molecule has 2 rings (SSSR count). The van der Waals surface area contributed by atoms with E-state index in [9.17, 15) is 4.79 Å². The van der Waals surface area contributed by atoms with Crippen LogP contribution in [0, 0.1) is 5.92 Å². The van der Waals surface area contributed by atoms with E-state index < -0.39 is 6.04 Å². The molecule has 0 aliphatic heterocycles. The number of esters is 1. The Balaban J connectivity index is 2.23. The number of nitrogens with zero attached hydrogens (tertiary/aromatic N) is 3. The Kier molecular flexibility index (Phi) is 6.02. The monoisotopic (exact) mass is 342 g/mol. The molecular weight excluding hydrogens is 320 g/mol. The van der Waals surface area contributed by atoms with Gasteiger partial charge in [-0.2, -0.15) is 0 Å². The van der Waals surface area contributed by atoms with Crippen LogP contribution in [0.3, 0.4) is 0 Å². The Morgan fingerprint density at radius 3 is 2.44 bits per heavy atom. The number of pyridine rings is 1. The molecule has 8 nitrogen and oxygen atoms in total. The van der Waals surface area contributed by atoms with Crippen LogP contribution >= 0.6 is 0 Å². The van der Waals surface area contributed by atoms with Crippen LogP contribution in [0.5, 0.6) is 5.75 Å². The molecule has 0 aliphatic rings. The lowest BCUT2D eigenvalue weighted by Crippen LogP contribution is -2.41. The highest BCUT2D eigenvalue weighted by Gasteiger charge is 2.23. The number of carbonyl (C=O) groups is 1. The lowest BCUT2D eigenvalue weighted by molar-refractivity contribution is -0.137. The largest absolute Gasteiger partial charge is 0.423 e. The Hall–Kier alpha value is -3.00. The summed E-state index contributed by atoms with van der Waals surface area (Å²) in [4.78, 5) is 16.2. The average Bonchev–Trinajstić information content (AvgIpc) is 2.55. The van der Waals surface area contributed by atoms with Crippen molar-refractivity contribution < 1.29 is 9.53 Å². The molecule has 0 fully saturated rings. The fourth-order valence-corrected chi connectivity index (χ4v) is 2.20. The van der Waals surface area contributed by atoms with E-state index in [2.05, 4.69) is 20.5 Å². The molecule has 8 heteroatoms. The highest BCUT2D eigenvalue weighted by atomic mass is 16.5. The first-order valence-corrected chi connectivity index (χ1v) is 7.84. The van der Waals surface area contributed by atoms with Crippen LogP contribution in [0.15, 0.2) is 46.6 Å². The van der Waals surface area contributed by atoms with Crippen molar-refractivity contribution >= 4 is 29.0 Å². The van der Waals surface area contributed by atoms with Crippen LogP contribution in [-0.4, -0.2) is 24.0 Å². The molecule has 1 aromatic heterocycles. The van der Waals surface area contributed by atoms with Gasteiger partial charge < -0.3 is 21.5 Å². The number of azo groups is 1. The van der Waals surface area contributed by atoms with Crippen molar-refractivity contribution in [2.24, 2.45) is 16.1 Å². The van der Waals surface area contributed by atoms with Gasteiger partial charge in [0.05, 0.1) is 0 Å². The third-order valence-electron chi connectivity index (χ3n) is 3.50. The van der Waals surface area contributed by atoms with Gasteiger partial charge in [0.1, 0.15) is 23.2 Å². The second-order valence-electron chi connectivity index (χ2n) is 5.74. The number of rotatable bonds is 6. The first kappa shape index (κ1) is 18.3. The van der Waals surface area contributed by atoms with Gasteiger partial charge in [0.2, 0.25) is 0 Å². The van der Waals surface area contributed by atoms with E-state index in [0.29, 0.717) is 22.9 Å². The Morgan fingerprint density at radius 2 is 1.80 bits per heavy atom. The Labute approximate surface area is 146 Å². The van der Waals surface area contributed by atoms with Crippen LogP contribution in [-0.2, 0) is 4.79 Å². The van der Waals surface area contributed by atoms with Crippen LogP contribution in [0.4, 0.5) is 23.0 Å². The summed E-state index contributed by atoms with van der Waals surface area (Å²) >= 11 is 0. The van der Waals surface area contributed by atoms with Gasteiger partial charge >= 0.3 is 5.97 Å². The van der Waals surface area contributed by atoms with Crippen molar-refractivity contribution in [3.63, 3.8) is 0 Å². The van der Waals surface area contributed by atoms with E-state index in [0.717, 1.165) is 0 Å². The summed E-state index contributed by atoms with van der Waals surface area (Å²) in [6.45, 7) is 3.87. The minimum absolute atomic E-state index is 0.0898. The molecule has 1 heterocycles. The number of nitrogens with two attached hydrogens (primary N) is 2. The lowest BCUT2D eigenvalue weighted by atomic mass is 10.1. The highest BCUT2D eigenvalue weighted by Crippen LogP contribution is 2.30. The molecule has 0 aliphatic carbocycles. The number of likely N-dealkylation sites (N-methyl/N-ethyl adjacent to an activating group) is 1. The summed E-state index contributed by atoms with van der Waals surface area (Å²) in [6, 6.07) is 9.66. The SMILES string of the molecule is CN[C@@H](C(=O)Oc1ccccc1N=Nc1ccc(N)nc1N)C(C)C. The maximum absolute atomic E-state index is 12.3. The maximum atomic E-state index is 12.3. The number of hydrogen-bond donors (Lipinski definition) is 3. The number of aromatic nitrogens is 1. The predicted molar refractivity (Wildman–Crippen MR) is 97.0 cm³/mol. The molecule has 132 valence electrons. The summed E-state index contributed by atoms with van der Waals surface area (Å²) in [5.74, 6) is 0.505. The van der Waals surface area contributed by atoms with Gasteiger partial charge in [-0.15, -0.1) is 10.2 Å². The normalized spacial score (nSPS) is 12.5. The number of anilines is 2. The zero-order chi connectivity index (χ0) is 18.4.